The molecule has 2 aromatic carbocycles. The van der Waals surface area contributed by atoms with Crippen LogP contribution >= 0.6 is 0 Å². The van der Waals surface area contributed by atoms with Gasteiger partial charge in [0.15, 0.2) is 5.58 Å². The first-order chi connectivity index (χ1) is 10.9. The van der Waals surface area contributed by atoms with Crippen LogP contribution in [0.15, 0.2) is 40.8 Å². The first-order valence-corrected chi connectivity index (χ1v) is 8.15. The van der Waals surface area contributed by atoms with Crippen LogP contribution in [0.2, 0.25) is 0 Å². The number of rotatable bonds is 1. The molecule has 0 fully saturated rings. The fraction of sp³-hybridized carbons (Fsp3) is 0.316. The standard InChI is InChI=1S/C19H18N2O/c1-2-8-17-16(7-1)20-19(22-17)15-11-13-5-3-9-21-10-4-6-14(12-15)18(13)21/h1-2,7-8,11-12H,3-6,9-10H2. The molecule has 1 aromatic heterocycles. The molecule has 0 saturated carbocycles. The quantitative estimate of drug-likeness (QED) is 0.673. The van der Waals surface area contributed by atoms with Crippen molar-refractivity contribution in [2.24, 2.45) is 0 Å². The molecule has 2 aliphatic heterocycles. The highest BCUT2D eigenvalue weighted by Crippen LogP contribution is 2.38. The van der Waals surface area contributed by atoms with Gasteiger partial charge in [0.05, 0.1) is 0 Å². The van der Waals surface area contributed by atoms with Gasteiger partial charge in [-0.2, -0.15) is 0 Å². The number of oxazole rings is 1. The van der Waals surface area contributed by atoms with E-state index < -0.39 is 0 Å². The summed E-state index contributed by atoms with van der Waals surface area (Å²) in [5, 5.41) is 0. The Kier molecular flexibility index (Phi) is 2.57. The Morgan fingerprint density at radius 3 is 2.41 bits per heavy atom. The third-order valence-electron chi connectivity index (χ3n) is 4.87. The summed E-state index contributed by atoms with van der Waals surface area (Å²) in [4.78, 5) is 7.23. The molecule has 3 heterocycles. The summed E-state index contributed by atoms with van der Waals surface area (Å²) in [5.74, 6) is 0.753. The van der Waals surface area contributed by atoms with Crippen LogP contribution in [-0.4, -0.2) is 18.1 Å². The number of anilines is 1. The van der Waals surface area contributed by atoms with E-state index in [1.807, 2.05) is 24.3 Å². The average molecular weight is 290 g/mol. The molecule has 0 N–H and O–H groups in total. The number of hydrogen-bond donors (Lipinski definition) is 0. The molecule has 0 unspecified atom stereocenters. The maximum Gasteiger partial charge on any atom is 0.227 e. The Bertz CT molecular complexity index is 801. The smallest absolute Gasteiger partial charge is 0.227 e. The zero-order valence-corrected chi connectivity index (χ0v) is 12.5. The molecule has 0 aliphatic carbocycles. The van der Waals surface area contributed by atoms with Gasteiger partial charge in [0.25, 0.3) is 0 Å². The second-order valence-electron chi connectivity index (χ2n) is 6.32. The predicted molar refractivity (Wildman–Crippen MR) is 88.3 cm³/mol. The molecule has 0 radical (unpaired) electrons. The fourth-order valence-corrected chi connectivity index (χ4v) is 3.92. The van der Waals surface area contributed by atoms with Crippen molar-refractivity contribution in [3.05, 3.63) is 47.5 Å². The fourth-order valence-electron chi connectivity index (χ4n) is 3.92. The van der Waals surface area contributed by atoms with E-state index in [2.05, 4.69) is 22.0 Å². The molecule has 0 spiro atoms. The van der Waals surface area contributed by atoms with Crippen LogP contribution in [0, 0.1) is 0 Å². The lowest BCUT2D eigenvalue weighted by atomic mass is 9.90. The zero-order chi connectivity index (χ0) is 14.5. The van der Waals surface area contributed by atoms with Crippen LogP contribution in [0.5, 0.6) is 0 Å². The van der Waals surface area contributed by atoms with Gasteiger partial charge in [0.1, 0.15) is 5.52 Å². The monoisotopic (exact) mass is 290 g/mol. The topological polar surface area (TPSA) is 29.3 Å². The Morgan fingerprint density at radius 1 is 0.955 bits per heavy atom. The van der Waals surface area contributed by atoms with E-state index >= 15 is 0 Å². The summed E-state index contributed by atoms with van der Waals surface area (Å²) in [7, 11) is 0. The zero-order valence-electron chi connectivity index (χ0n) is 12.5. The number of aryl methyl sites for hydroxylation is 2. The summed E-state index contributed by atoms with van der Waals surface area (Å²) < 4.78 is 5.96. The van der Waals surface area contributed by atoms with Crippen molar-refractivity contribution >= 4 is 16.8 Å². The second kappa shape index (κ2) is 4.60. The lowest BCUT2D eigenvalue weighted by molar-refractivity contribution is 0.615. The third kappa shape index (κ3) is 1.78. The van der Waals surface area contributed by atoms with E-state index in [-0.39, 0.29) is 0 Å². The number of aromatic nitrogens is 1. The van der Waals surface area contributed by atoms with Crippen LogP contribution in [0.4, 0.5) is 5.69 Å². The van der Waals surface area contributed by atoms with Crippen molar-refractivity contribution in [2.75, 3.05) is 18.0 Å². The van der Waals surface area contributed by atoms with Crippen LogP contribution in [-0.2, 0) is 12.8 Å². The average Bonchev–Trinajstić information content (AvgIpc) is 2.99. The summed E-state index contributed by atoms with van der Waals surface area (Å²) in [5.41, 5.74) is 7.38. The lowest BCUT2D eigenvalue weighted by Crippen LogP contribution is -2.34. The normalized spacial score (nSPS) is 16.8. The van der Waals surface area contributed by atoms with Gasteiger partial charge >= 0.3 is 0 Å². The molecule has 0 saturated heterocycles. The minimum atomic E-state index is 0.753. The largest absolute Gasteiger partial charge is 0.436 e. The molecule has 0 bridgehead atoms. The highest BCUT2D eigenvalue weighted by atomic mass is 16.3. The molecule has 3 heteroatoms. The molecular formula is C19H18N2O. The van der Waals surface area contributed by atoms with E-state index in [1.54, 1.807) is 0 Å². The molecular weight excluding hydrogens is 272 g/mol. The number of nitrogens with zero attached hydrogens (tertiary/aromatic N) is 2. The van der Waals surface area contributed by atoms with Crippen molar-refractivity contribution in [3.8, 4) is 11.5 Å². The van der Waals surface area contributed by atoms with Crippen molar-refractivity contribution in [3.63, 3.8) is 0 Å². The third-order valence-corrected chi connectivity index (χ3v) is 4.87. The predicted octanol–water partition coefficient (Wildman–Crippen LogP) is 4.19. The van der Waals surface area contributed by atoms with Crippen molar-refractivity contribution in [2.45, 2.75) is 25.7 Å². The highest BCUT2D eigenvalue weighted by Gasteiger charge is 2.25. The van der Waals surface area contributed by atoms with Crippen molar-refractivity contribution in [1.82, 2.24) is 4.98 Å². The number of fused-ring (bicyclic) bond motifs is 1. The molecule has 3 aromatic rings. The molecule has 3 nitrogen and oxygen atoms in total. The summed E-state index contributed by atoms with van der Waals surface area (Å²) in [6.45, 7) is 2.42. The van der Waals surface area contributed by atoms with Crippen molar-refractivity contribution < 1.29 is 4.42 Å². The van der Waals surface area contributed by atoms with Crippen LogP contribution in [0.25, 0.3) is 22.6 Å². The highest BCUT2D eigenvalue weighted by molar-refractivity contribution is 5.77. The number of para-hydroxylation sites is 2. The molecule has 110 valence electrons. The summed E-state index contributed by atoms with van der Waals surface area (Å²) in [6, 6.07) is 12.6. The Hall–Kier alpha value is -2.29. The summed E-state index contributed by atoms with van der Waals surface area (Å²) in [6.07, 6.45) is 4.85. The van der Waals surface area contributed by atoms with Gasteiger partial charge in [-0.25, -0.2) is 4.98 Å². The SMILES string of the molecule is c1ccc2oc(-c3cc4c5c(c3)CCCN5CCC4)nc2c1. The van der Waals surface area contributed by atoms with Gasteiger partial charge in [-0.3, -0.25) is 0 Å². The van der Waals surface area contributed by atoms with Crippen LogP contribution < -0.4 is 4.90 Å². The van der Waals surface area contributed by atoms with Crippen molar-refractivity contribution in [1.29, 1.82) is 0 Å². The molecule has 2 aliphatic rings. The van der Waals surface area contributed by atoms with Gasteiger partial charge < -0.3 is 9.32 Å². The van der Waals surface area contributed by atoms with Gasteiger partial charge in [-0.1, -0.05) is 12.1 Å². The Morgan fingerprint density at radius 2 is 1.68 bits per heavy atom. The molecule has 5 rings (SSSR count). The maximum absolute atomic E-state index is 5.96. The van der Waals surface area contributed by atoms with Gasteiger partial charge in [0, 0.05) is 24.3 Å². The number of hydrogen-bond acceptors (Lipinski definition) is 3. The van der Waals surface area contributed by atoms with E-state index in [0.29, 0.717) is 0 Å². The van der Waals surface area contributed by atoms with E-state index in [0.717, 1.165) is 22.6 Å². The van der Waals surface area contributed by atoms with E-state index in [1.165, 1.54) is 55.6 Å². The van der Waals surface area contributed by atoms with Crippen LogP contribution in [0.3, 0.4) is 0 Å². The first-order valence-electron chi connectivity index (χ1n) is 8.15. The Balaban J connectivity index is 1.69. The molecule has 0 atom stereocenters. The lowest BCUT2D eigenvalue weighted by Gasteiger charge is -2.37. The van der Waals surface area contributed by atoms with Crippen LogP contribution in [0.1, 0.15) is 24.0 Å². The Labute approximate surface area is 129 Å². The summed E-state index contributed by atoms with van der Waals surface area (Å²) >= 11 is 0. The first kappa shape index (κ1) is 12.3. The number of benzene rings is 2. The molecule has 22 heavy (non-hydrogen) atoms. The van der Waals surface area contributed by atoms with E-state index in [4.69, 9.17) is 4.42 Å². The van der Waals surface area contributed by atoms with E-state index in [9.17, 15) is 0 Å². The van der Waals surface area contributed by atoms with Gasteiger partial charge in [-0.05, 0) is 61.1 Å². The minimum absolute atomic E-state index is 0.753. The minimum Gasteiger partial charge on any atom is -0.436 e. The second-order valence-corrected chi connectivity index (χ2v) is 6.32. The molecule has 0 amide bonds. The van der Waals surface area contributed by atoms with Gasteiger partial charge in [-0.15, -0.1) is 0 Å². The maximum atomic E-state index is 5.96. The van der Waals surface area contributed by atoms with Gasteiger partial charge in [0.2, 0.25) is 5.89 Å².